The van der Waals surface area contributed by atoms with E-state index in [-0.39, 0.29) is 36.5 Å². The number of piperidine rings is 1. The van der Waals surface area contributed by atoms with Crippen LogP contribution in [0.2, 0.25) is 0 Å². The topological polar surface area (TPSA) is 92.5 Å². The van der Waals surface area contributed by atoms with Crippen molar-refractivity contribution in [2.24, 2.45) is 5.73 Å². The van der Waals surface area contributed by atoms with Crippen LogP contribution in [0.15, 0.2) is 18.2 Å². The van der Waals surface area contributed by atoms with Crippen LogP contribution >= 0.6 is 12.4 Å². The first-order chi connectivity index (χ1) is 10.6. The highest BCUT2D eigenvalue weighted by atomic mass is 35.5. The van der Waals surface area contributed by atoms with Crippen LogP contribution in [0.25, 0.3) is 0 Å². The van der Waals surface area contributed by atoms with Crippen molar-refractivity contribution in [3.05, 3.63) is 34.9 Å². The highest BCUT2D eigenvalue weighted by Crippen LogP contribution is 2.28. The minimum Gasteiger partial charge on any atom is -0.330 e. The average molecular weight is 338 g/mol. The van der Waals surface area contributed by atoms with Gasteiger partial charge in [0.15, 0.2) is 0 Å². The Balaban J connectivity index is 0.00000192. The first-order valence-corrected chi connectivity index (χ1v) is 7.56. The molecule has 3 N–H and O–H groups in total. The highest BCUT2D eigenvalue weighted by molar-refractivity contribution is 6.05. The smallest absolute Gasteiger partial charge is 0.255 e. The molecule has 2 aliphatic heterocycles. The van der Waals surface area contributed by atoms with Crippen LogP contribution in [-0.2, 0) is 22.6 Å². The van der Waals surface area contributed by atoms with E-state index < -0.39 is 6.04 Å². The van der Waals surface area contributed by atoms with E-state index in [2.05, 4.69) is 5.32 Å². The molecule has 23 heavy (non-hydrogen) atoms. The molecule has 0 aliphatic carbocycles. The molecule has 2 aliphatic rings. The third-order valence-corrected chi connectivity index (χ3v) is 4.26. The molecule has 1 aromatic carbocycles. The Bertz CT molecular complexity index is 647. The zero-order valence-corrected chi connectivity index (χ0v) is 13.5. The molecule has 2 heterocycles. The number of aryl methyl sites for hydroxylation is 1. The van der Waals surface area contributed by atoms with E-state index in [0.29, 0.717) is 25.1 Å². The lowest BCUT2D eigenvalue weighted by Crippen LogP contribution is -2.52. The summed E-state index contributed by atoms with van der Waals surface area (Å²) in [7, 11) is 0. The fraction of sp³-hybridized carbons (Fsp3) is 0.438. The zero-order valence-electron chi connectivity index (χ0n) is 12.7. The number of nitrogens with two attached hydrogens (primary N) is 1. The molecule has 1 unspecified atom stereocenters. The fourth-order valence-electron chi connectivity index (χ4n) is 3.09. The number of benzene rings is 1. The van der Waals surface area contributed by atoms with Gasteiger partial charge in [-0.05, 0) is 43.0 Å². The number of nitrogens with one attached hydrogen (secondary N) is 1. The van der Waals surface area contributed by atoms with Crippen molar-refractivity contribution in [1.29, 1.82) is 0 Å². The van der Waals surface area contributed by atoms with Crippen molar-refractivity contribution in [3.63, 3.8) is 0 Å². The van der Waals surface area contributed by atoms with E-state index >= 15 is 0 Å². The predicted octanol–water partition coefficient (Wildman–Crippen LogP) is 0.761. The van der Waals surface area contributed by atoms with Gasteiger partial charge in [-0.25, -0.2) is 0 Å². The van der Waals surface area contributed by atoms with Gasteiger partial charge in [-0.2, -0.15) is 0 Å². The predicted molar refractivity (Wildman–Crippen MR) is 87.1 cm³/mol. The van der Waals surface area contributed by atoms with Crippen LogP contribution in [-0.4, -0.2) is 35.2 Å². The van der Waals surface area contributed by atoms with Crippen LogP contribution < -0.4 is 11.1 Å². The molecule has 0 spiro atoms. The maximum Gasteiger partial charge on any atom is 0.255 e. The molecule has 0 radical (unpaired) electrons. The Labute approximate surface area is 140 Å². The second-order valence-corrected chi connectivity index (χ2v) is 5.78. The number of hydrogen-bond donors (Lipinski definition) is 2. The second kappa shape index (κ2) is 7.10. The molecule has 3 rings (SSSR count). The van der Waals surface area contributed by atoms with Crippen molar-refractivity contribution in [3.8, 4) is 0 Å². The normalized spacial score (nSPS) is 20.1. The third kappa shape index (κ3) is 3.38. The first kappa shape index (κ1) is 17.4. The molecule has 3 amide bonds. The number of halogens is 1. The van der Waals surface area contributed by atoms with Crippen molar-refractivity contribution >= 4 is 30.1 Å². The minimum atomic E-state index is -0.551. The van der Waals surface area contributed by atoms with Crippen LogP contribution in [0.1, 0.15) is 40.7 Å². The standard InChI is InChI=1S/C16H19N3O3.ClH/c17-7-1-2-10-3-4-12-11(8-10)9-19(16(12)22)13-5-6-14(20)18-15(13)21;/h3-4,8,13H,1-2,5-7,9,17H2,(H,18,20,21);1H. The van der Waals surface area contributed by atoms with Crippen molar-refractivity contribution < 1.29 is 14.4 Å². The summed E-state index contributed by atoms with van der Waals surface area (Å²) in [4.78, 5) is 37.2. The monoisotopic (exact) mass is 337 g/mol. The van der Waals surface area contributed by atoms with Gasteiger partial charge in [0.2, 0.25) is 11.8 Å². The van der Waals surface area contributed by atoms with Gasteiger partial charge < -0.3 is 10.6 Å². The average Bonchev–Trinajstić information content (AvgIpc) is 2.82. The Morgan fingerprint density at radius 3 is 2.74 bits per heavy atom. The maximum absolute atomic E-state index is 12.5. The number of hydrogen-bond acceptors (Lipinski definition) is 4. The van der Waals surface area contributed by atoms with E-state index in [0.717, 1.165) is 24.0 Å². The fourth-order valence-corrected chi connectivity index (χ4v) is 3.09. The molecule has 1 aromatic rings. The van der Waals surface area contributed by atoms with E-state index in [1.807, 2.05) is 18.2 Å². The summed E-state index contributed by atoms with van der Waals surface area (Å²) in [5.41, 5.74) is 8.28. The number of fused-ring (bicyclic) bond motifs is 1. The highest BCUT2D eigenvalue weighted by Gasteiger charge is 2.38. The Morgan fingerprint density at radius 2 is 2.04 bits per heavy atom. The molecular formula is C16H20ClN3O3. The van der Waals surface area contributed by atoms with Gasteiger partial charge in [0.05, 0.1) is 0 Å². The van der Waals surface area contributed by atoms with Crippen molar-refractivity contribution in [2.75, 3.05) is 6.54 Å². The summed E-state index contributed by atoms with van der Waals surface area (Å²) in [6, 6.07) is 5.25. The minimum absolute atomic E-state index is 0. The van der Waals surface area contributed by atoms with E-state index in [9.17, 15) is 14.4 Å². The number of nitrogens with zero attached hydrogens (tertiary/aromatic N) is 1. The molecule has 0 bridgehead atoms. The van der Waals surface area contributed by atoms with Gasteiger partial charge in [-0.1, -0.05) is 12.1 Å². The summed E-state index contributed by atoms with van der Waals surface area (Å²) >= 11 is 0. The summed E-state index contributed by atoms with van der Waals surface area (Å²) < 4.78 is 0. The van der Waals surface area contributed by atoms with E-state index in [1.54, 1.807) is 4.90 Å². The number of amides is 3. The Morgan fingerprint density at radius 1 is 1.26 bits per heavy atom. The maximum atomic E-state index is 12.5. The number of carbonyl (C=O) groups excluding carboxylic acids is 3. The quantitative estimate of drug-likeness (QED) is 0.793. The van der Waals surface area contributed by atoms with Crippen LogP contribution in [0.3, 0.4) is 0 Å². The SMILES string of the molecule is Cl.NCCCc1ccc2c(c1)CN(C1CCC(=O)NC1=O)C2=O. The Hall–Kier alpha value is -1.92. The van der Waals surface area contributed by atoms with Gasteiger partial charge in [0.1, 0.15) is 6.04 Å². The van der Waals surface area contributed by atoms with E-state index in [4.69, 9.17) is 5.73 Å². The molecule has 7 heteroatoms. The lowest BCUT2D eigenvalue weighted by molar-refractivity contribution is -0.136. The zero-order chi connectivity index (χ0) is 15.7. The lowest BCUT2D eigenvalue weighted by atomic mass is 10.0. The van der Waals surface area contributed by atoms with Crippen LogP contribution in [0, 0.1) is 0 Å². The molecule has 0 aromatic heterocycles. The second-order valence-electron chi connectivity index (χ2n) is 5.78. The molecule has 0 saturated carbocycles. The molecule has 1 saturated heterocycles. The number of imide groups is 1. The van der Waals surface area contributed by atoms with Crippen LogP contribution in [0.5, 0.6) is 0 Å². The molecule has 124 valence electrons. The molecular weight excluding hydrogens is 318 g/mol. The number of rotatable bonds is 4. The van der Waals surface area contributed by atoms with Crippen molar-refractivity contribution in [1.82, 2.24) is 10.2 Å². The first-order valence-electron chi connectivity index (χ1n) is 7.56. The van der Waals surface area contributed by atoms with E-state index in [1.165, 1.54) is 0 Å². The summed E-state index contributed by atoms with van der Waals surface area (Å²) in [5.74, 6) is -0.773. The number of carbonyl (C=O) groups is 3. The largest absolute Gasteiger partial charge is 0.330 e. The Kier molecular flexibility index (Phi) is 5.38. The lowest BCUT2D eigenvalue weighted by Gasteiger charge is -2.29. The summed E-state index contributed by atoms with van der Waals surface area (Å²) in [6.07, 6.45) is 2.46. The van der Waals surface area contributed by atoms with Crippen LogP contribution in [0.4, 0.5) is 0 Å². The molecule has 6 nitrogen and oxygen atoms in total. The molecule has 1 atom stereocenters. The summed E-state index contributed by atoms with van der Waals surface area (Å²) in [5, 5.41) is 2.31. The third-order valence-electron chi connectivity index (χ3n) is 4.26. The van der Waals surface area contributed by atoms with Gasteiger partial charge in [0.25, 0.3) is 5.91 Å². The van der Waals surface area contributed by atoms with Gasteiger partial charge in [-0.15, -0.1) is 12.4 Å². The summed E-state index contributed by atoms with van der Waals surface area (Å²) in [6.45, 7) is 1.06. The van der Waals surface area contributed by atoms with Gasteiger partial charge >= 0.3 is 0 Å². The van der Waals surface area contributed by atoms with Crippen molar-refractivity contribution in [2.45, 2.75) is 38.3 Å². The van der Waals surface area contributed by atoms with Gasteiger partial charge in [0, 0.05) is 18.5 Å². The molecule has 1 fully saturated rings. The van der Waals surface area contributed by atoms with Gasteiger partial charge in [-0.3, -0.25) is 19.7 Å².